The molecule has 1 aliphatic rings. The Balaban J connectivity index is 1.99. The minimum atomic E-state index is 0.746. The standard InChI is InChI=1S/C13H22N2S2/c1-4-9(2)16-8-12-15-13(10-5-6-10)11(17-12)7-14-3/h9-10,14H,4-8H2,1-3H3. The lowest BCUT2D eigenvalue weighted by atomic mass is 10.2. The lowest BCUT2D eigenvalue weighted by Crippen LogP contribution is -2.05. The van der Waals surface area contributed by atoms with Gasteiger partial charge in [0.15, 0.2) is 0 Å². The van der Waals surface area contributed by atoms with Gasteiger partial charge in [-0.3, -0.25) is 0 Å². The molecule has 96 valence electrons. The molecule has 1 aromatic heterocycles. The van der Waals surface area contributed by atoms with Gasteiger partial charge in [0, 0.05) is 28.3 Å². The lowest BCUT2D eigenvalue weighted by Gasteiger charge is -2.05. The van der Waals surface area contributed by atoms with Crippen molar-refractivity contribution in [1.29, 1.82) is 0 Å². The van der Waals surface area contributed by atoms with Crippen LogP contribution >= 0.6 is 23.1 Å². The maximum Gasteiger partial charge on any atom is 0.103 e. The van der Waals surface area contributed by atoms with Crippen molar-refractivity contribution in [2.24, 2.45) is 0 Å². The highest BCUT2D eigenvalue weighted by atomic mass is 32.2. The molecule has 1 atom stereocenters. The zero-order valence-electron chi connectivity index (χ0n) is 11.0. The van der Waals surface area contributed by atoms with Gasteiger partial charge in [-0.1, -0.05) is 13.8 Å². The summed E-state index contributed by atoms with van der Waals surface area (Å²) in [6, 6.07) is 0. The number of rotatable bonds is 7. The van der Waals surface area contributed by atoms with Gasteiger partial charge >= 0.3 is 0 Å². The number of hydrogen-bond donors (Lipinski definition) is 1. The first-order chi connectivity index (χ1) is 8.24. The monoisotopic (exact) mass is 270 g/mol. The van der Waals surface area contributed by atoms with Crippen LogP contribution in [-0.2, 0) is 12.3 Å². The Morgan fingerprint density at radius 2 is 2.29 bits per heavy atom. The van der Waals surface area contributed by atoms with E-state index in [4.69, 9.17) is 4.98 Å². The lowest BCUT2D eigenvalue weighted by molar-refractivity contribution is 0.812. The number of thiazole rings is 1. The molecular weight excluding hydrogens is 248 g/mol. The van der Waals surface area contributed by atoms with Crippen molar-refractivity contribution in [1.82, 2.24) is 10.3 Å². The van der Waals surface area contributed by atoms with E-state index in [0.717, 1.165) is 23.5 Å². The van der Waals surface area contributed by atoms with Gasteiger partial charge in [-0.05, 0) is 26.3 Å². The Labute approximate surface area is 113 Å². The first-order valence-corrected chi connectivity index (χ1v) is 8.35. The minimum Gasteiger partial charge on any atom is -0.315 e. The molecule has 0 radical (unpaired) electrons. The third-order valence-corrected chi connectivity index (χ3v) is 5.74. The van der Waals surface area contributed by atoms with Gasteiger partial charge < -0.3 is 5.32 Å². The number of hydrogen-bond acceptors (Lipinski definition) is 4. The summed E-state index contributed by atoms with van der Waals surface area (Å²) in [7, 11) is 2.02. The average molecular weight is 270 g/mol. The van der Waals surface area contributed by atoms with Crippen molar-refractivity contribution in [3.05, 3.63) is 15.6 Å². The highest BCUT2D eigenvalue weighted by molar-refractivity contribution is 7.99. The van der Waals surface area contributed by atoms with Crippen molar-refractivity contribution >= 4 is 23.1 Å². The Bertz CT molecular complexity index is 358. The fourth-order valence-electron chi connectivity index (χ4n) is 1.77. The normalized spacial score (nSPS) is 17.4. The zero-order chi connectivity index (χ0) is 12.3. The number of nitrogens with zero attached hydrogens (tertiary/aromatic N) is 1. The largest absolute Gasteiger partial charge is 0.315 e. The SMILES string of the molecule is CCC(C)SCc1nc(C2CC2)c(CNC)s1. The molecule has 0 spiro atoms. The highest BCUT2D eigenvalue weighted by Gasteiger charge is 2.29. The van der Waals surface area contributed by atoms with Crippen LogP contribution in [0, 0.1) is 0 Å². The number of nitrogens with one attached hydrogen (secondary N) is 1. The van der Waals surface area contributed by atoms with Crippen LogP contribution in [0.25, 0.3) is 0 Å². The first kappa shape index (κ1) is 13.4. The van der Waals surface area contributed by atoms with Crippen LogP contribution in [0.15, 0.2) is 0 Å². The van der Waals surface area contributed by atoms with Crippen molar-refractivity contribution in [3.8, 4) is 0 Å². The molecule has 0 aromatic carbocycles. The summed E-state index contributed by atoms with van der Waals surface area (Å²) in [6.45, 7) is 5.54. The van der Waals surface area contributed by atoms with Gasteiger partial charge in [0.25, 0.3) is 0 Å². The van der Waals surface area contributed by atoms with Crippen molar-refractivity contribution in [3.63, 3.8) is 0 Å². The summed E-state index contributed by atoms with van der Waals surface area (Å²) >= 11 is 3.94. The van der Waals surface area contributed by atoms with E-state index >= 15 is 0 Å². The topological polar surface area (TPSA) is 24.9 Å². The van der Waals surface area contributed by atoms with Gasteiger partial charge in [0.1, 0.15) is 5.01 Å². The molecule has 17 heavy (non-hydrogen) atoms. The van der Waals surface area contributed by atoms with Crippen molar-refractivity contribution in [2.75, 3.05) is 7.05 Å². The van der Waals surface area contributed by atoms with Crippen LogP contribution in [0.2, 0.25) is 0 Å². The van der Waals surface area contributed by atoms with Crippen LogP contribution in [0.1, 0.15) is 54.6 Å². The molecule has 1 unspecified atom stereocenters. The summed E-state index contributed by atoms with van der Waals surface area (Å²) in [4.78, 5) is 6.32. The van der Waals surface area contributed by atoms with E-state index in [0.29, 0.717) is 0 Å². The van der Waals surface area contributed by atoms with Crippen LogP contribution in [0.3, 0.4) is 0 Å². The van der Waals surface area contributed by atoms with E-state index in [9.17, 15) is 0 Å². The maximum absolute atomic E-state index is 4.85. The maximum atomic E-state index is 4.85. The summed E-state index contributed by atoms with van der Waals surface area (Å²) in [5.41, 5.74) is 1.39. The summed E-state index contributed by atoms with van der Waals surface area (Å²) in [6.07, 6.45) is 3.94. The van der Waals surface area contributed by atoms with Crippen LogP contribution in [-0.4, -0.2) is 17.3 Å². The van der Waals surface area contributed by atoms with E-state index in [1.165, 1.54) is 34.8 Å². The third-order valence-electron chi connectivity index (χ3n) is 3.14. The smallest absolute Gasteiger partial charge is 0.103 e. The van der Waals surface area contributed by atoms with Gasteiger partial charge in [0.2, 0.25) is 0 Å². The van der Waals surface area contributed by atoms with Gasteiger partial charge in [-0.2, -0.15) is 11.8 Å². The predicted molar refractivity (Wildman–Crippen MR) is 77.9 cm³/mol. The molecule has 0 bridgehead atoms. The summed E-state index contributed by atoms with van der Waals surface area (Å²) in [5.74, 6) is 1.86. The molecule has 1 heterocycles. The van der Waals surface area contributed by atoms with Crippen LogP contribution < -0.4 is 5.32 Å². The molecule has 0 amide bonds. The molecule has 2 nitrogen and oxygen atoms in total. The fraction of sp³-hybridized carbons (Fsp3) is 0.769. The van der Waals surface area contributed by atoms with E-state index in [1.54, 1.807) is 0 Å². The molecule has 1 saturated carbocycles. The molecule has 0 aliphatic heterocycles. The van der Waals surface area contributed by atoms with Gasteiger partial charge in [0.05, 0.1) is 5.69 Å². The zero-order valence-corrected chi connectivity index (χ0v) is 12.6. The second kappa shape index (κ2) is 6.21. The molecule has 1 fully saturated rings. The number of aromatic nitrogens is 1. The van der Waals surface area contributed by atoms with Crippen molar-refractivity contribution in [2.45, 2.75) is 56.6 Å². The Morgan fingerprint density at radius 1 is 1.53 bits per heavy atom. The third kappa shape index (κ3) is 3.70. The Morgan fingerprint density at radius 3 is 2.88 bits per heavy atom. The molecule has 0 saturated heterocycles. The van der Waals surface area contributed by atoms with E-state index < -0.39 is 0 Å². The van der Waals surface area contributed by atoms with Gasteiger partial charge in [-0.25, -0.2) is 4.98 Å². The molecular formula is C13H22N2S2. The molecule has 1 aromatic rings. The second-order valence-corrected chi connectivity index (χ2v) is 7.35. The average Bonchev–Trinajstić information content (AvgIpc) is 3.10. The highest BCUT2D eigenvalue weighted by Crippen LogP contribution is 2.43. The second-order valence-electron chi connectivity index (χ2n) is 4.75. The molecule has 2 rings (SSSR count). The first-order valence-electron chi connectivity index (χ1n) is 6.49. The van der Waals surface area contributed by atoms with E-state index in [-0.39, 0.29) is 0 Å². The van der Waals surface area contributed by atoms with E-state index in [1.807, 2.05) is 30.1 Å². The van der Waals surface area contributed by atoms with Crippen molar-refractivity contribution < 1.29 is 0 Å². The quantitative estimate of drug-likeness (QED) is 0.816. The Hall–Kier alpha value is -0.0600. The summed E-state index contributed by atoms with van der Waals surface area (Å²) in [5, 5.41) is 5.33. The summed E-state index contributed by atoms with van der Waals surface area (Å²) < 4.78 is 0. The predicted octanol–water partition coefficient (Wildman–Crippen LogP) is 3.77. The molecule has 4 heteroatoms. The minimum absolute atomic E-state index is 0.746. The fourth-order valence-corrected chi connectivity index (χ4v) is 3.90. The number of thioether (sulfide) groups is 1. The Kier molecular flexibility index (Phi) is 4.88. The van der Waals surface area contributed by atoms with Gasteiger partial charge in [-0.15, -0.1) is 11.3 Å². The van der Waals surface area contributed by atoms with Crippen LogP contribution in [0.4, 0.5) is 0 Å². The van der Waals surface area contributed by atoms with Crippen LogP contribution in [0.5, 0.6) is 0 Å². The van der Waals surface area contributed by atoms with E-state index in [2.05, 4.69) is 19.2 Å². The molecule has 1 N–H and O–H groups in total. The molecule has 1 aliphatic carbocycles.